The van der Waals surface area contributed by atoms with Crippen molar-refractivity contribution in [3.63, 3.8) is 0 Å². The third kappa shape index (κ3) is 6.77. The molecule has 0 atom stereocenters. The van der Waals surface area contributed by atoms with Crippen molar-refractivity contribution in [2.75, 3.05) is 68.0 Å². The fourth-order valence-electron chi connectivity index (χ4n) is 4.86. The summed E-state index contributed by atoms with van der Waals surface area (Å²) < 4.78 is 5.41. The number of nitrogens with one attached hydrogen (secondary N) is 3. The number of carbonyl (C=O) groups is 2. The van der Waals surface area contributed by atoms with E-state index < -0.39 is 0 Å². The van der Waals surface area contributed by atoms with Crippen molar-refractivity contribution >= 4 is 29.0 Å². The van der Waals surface area contributed by atoms with Crippen molar-refractivity contribution in [1.82, 2.24) is 10.2 Å². The number of amides is 3. The normalized spacial score (nSPS) is 17.0. The van der Waals surface area contributed by atoms with Gasteiger partial charge in [-0.05, 0) is 61.9 Å². The topological polar surface area (TPSA) is 85.9 Å². The number of para-hydroxylation sites is 1. The van der Waals surface area contributed by atoms with Crippen LogP contribution in [0.4, 0.5) is 21.9 Å². The first-order valence-corrected chi connectivity index (χ1v) is 13.0. The van der Waals surface area contributed by atoms with E-state index in [1.165, 1.54) is 0 Å². The number of anilines is 3. The first kappa shape index (κ1) is 26.0. The smallest absolute Gasteiger partial charge is 0.323 e. The SMILES string of the molecule is Cc1cccc(C)c1NC(=O)Nc1ccc(N2CCC(C)CC2)c(C(=O)NCCN2CCOCC2)c1. The molecular formula is C28H39N5O3. The Morgan fingerprint density at radius 1 is 0.972 bits per heavy atom. The van der Waals surface area contributed by atoms with Crippen LogP contribution in [0.1, 0.15) is 41.3 Å². The molecule has 0 radical (unpaired) electrons. The number of urea groups is 1. The van der Waals surface area contributed by atoms with Crippen LogP contribution in [-0.4, -0.2) is 69.3 Å². The van der Waals surface area contributed by atoms with Gasteiger partial charge in [0.15, 0.2) is 0 Å². The van der Waals surface area contributed by atoms with Crippen LogP contribution in [0, 0.1) is 19.8 Å². The fraction of sp³-hybridized carbons (Fsp3) is 0.500. The van der Waals surface area contributed by atoms with Gasteiger partial charge in [-0.1, -0.05) is 25.1 Å². The highest BCUT2D eigenvalue weighted by molar-refractivity contribution is 6.04. The van der Waals surface area contributed by atoms with Crippen molar-refractivity contribution < 1.29 is 14.3 Å². The van der Waals surface area contributed by atoms with Gasteiger partial charge < -0.3 is 25.6 Å². The molecule has 8 nitrogen and oxygen atoms in total. The highest BCUT2D eigenvalue weighted by Gasteiger charge is 2.22. The summed E-state index contributed by atoms with van der Waals surface area (Å²) in [6, 6.07) is 11.2. The molecule has 3 N–H and O–H groups in total. The van der Waals surface area contributed by atoms with Gasteiger partial charge in [0, 0.05) is 56.3 Å². The lowest BCUT2D eigenvalue weighted by molar-refractivity contribution is 0.0383. The molecule has 0 bridgehead atoms. The molecule has 3 amide bonds. The lowest BCUT2D eigenvalue weighted by Crippen LogP contribution is -2.41. The van der Waals surface area contributed by atoms with Crippen molar-refractivity contribution in [3.05, 3.63) is 53.1 Å². The second kappa shape index (κ2) is 12.2. The maximum absolute atomic E-state index is 13.3. The van der Waals surface area contributed by atoms with Gasteiger partial charge in [-0.2, -0.15) is 0 Å². The van der Waals surface area contributed by atoms with Gasteiger partial charge in [-0.15, -0.1) is 0 Å². The summed E-state index contributed by atoms with van der Waals surface area (Å²) >= 11 is 0. The van der Waals surface area contributed by atoms with E-state index >= 15 is 0 Å². The molecular weight excluding hydrogens is 454 g/mol. The Morgan fingerprint density at radius 2 is 1.67 bits per heavy atom. The number of morpholine rings is 1. The maximum atomic E-state index is 13.3. The molecule has 2 saturated heterocycles. The number of nitrogens with zero attached hydrogens (tertiary/aromatic N) is 2. The van der Waals surface area contributed by atoms with Gasteiger partial charge in [0.2, 0.25) is 0 Å². The van der Waals surface area contributed by atoms with Crippen LogP contribution < -0.4 is 20.9 Å². The largest absolute Gasteiger partial charge is 0.379 e. The second-order valence-corrected chi connectivity index (χ2v) is 9.96. The zero-order valence-corrected chi connectivity index (χ0v) is 21.7. The Morgan fingerprint density at radius 3 is 2.36 bits per heavy atom. The van der Waals surface area contributed by atoms with Gasteiger partial charge in [-0.3, -0.25) is 9.69 Å². The molecule has 0 aromatic heterocycles. The van der Waals surface area contributed by atoms with Crippen molar-refractivity contribution in [2.24, 2.45) is 5.92 Å². The first-order chi connectivity index (χ1) is 17.4. The zero-order valence-electron chi connectivity index (χ0n) is 21.7. The number of hydrogen-bond acceptors (Lipinski definition) is 5. The van der Waals surface area contributed by atoms with Crippen molar-refractivity contribution in [3.8, 4) is 0 Å². The molecule has 2 heterocycles. The molecule has 2 aromatic carbocycles. The zero-order chi connectivity index (χ0) is 25.5. The van der Waals surface area contributed by atoms with Crippen LogP contribution in [0.15, 0.2) is 36.4 Å². The number of hydrogen-bond donors (Lipinski definition) is 3. The fourth-order valence-corrected chi connectivity index (χ4v) is 4.86. The van der Waals surface area contributed by atoms with Gasteiger partial charge >= 0.3 is 6.03 Å². The van der Waals surface area contributed by atoms with E-state index in [4.69, 9.17) is 4.74 Å². The summed E-state index contributed by atoms with van der Waals surface area (Å²) in [6.07, 6.45) is 2.21. The van der Waals surface area contributed by atoms with Crippen molar-refractivity contribution in [2.45, 2.75) is 33.6 Å². The summed E-state index contributed by atoms with van der Waals surface area (Å²) in [6.45, 7) is 12.7. The van der Waals surface area contributed by atoms with Crippen molar-refractivity contribution in [1.29, 1.82) is 0 Å². The summed E-state index contributed by atoms with van der Waals surface area (Å²) in [7, 11) is 0. The summed E-state index contributed by atoms with van der Waals surface area (Å²) in [5.41, 5.74) is 4.91. The minimum absolute atomic E-state index is 0.115. The molecule has 194 valence electrons. The molecule has 0 aliphatic carbocycles. The van der Waals surface area contributed by atoms with E-state index in [0.717, 1.165) is 81.3 Å². The highest BCUT2D eigenvalue weighted by Crippen LogP contribution is 2.29. The maximum Gasteiger partial charge on any atom is 0.323 e. The van der Waals surface area contributed by atoms with Crippen LogP contribution >= 0.6 is 0 Å². The average molecular weight is 494 g/mol. The molecule has 2 aliphatic heterocycles. The number of benzene rings is 2. The van der Waals surface area contributed by atoms with E-state index in [1.54, 1.807) is 6.07 Å². The summed E-state index contributed by atoms with van der Waals surface area (Å²) in [5, 5.41) is 8.96. The lowest BCUT2D eigenvalue weighted by Gasteiger charge is -2.33. The quantitative estimate of drug-likeness (QED) is 0.537. The Hall–Kier alpha value is -3.10. The molecule has 2 fully saturated rings. The molecule has 8 heteroatoms. The van der Waals surface area contributed by atoms with Crippen LogP contribution in [0.3, 0.4) is 0 Å². The van der Waals surface area contributed by atoms with E-state index in [-0.39, 0.29) is 11.9 Å². The van der Waals surface area contributed by atoms with E-state index in [2.05, 4.69) is 32.7 Å². The van der Waals surface area contributed by atoms with Crippen LogP contribution in [0.25, 0.3) is 0 Å². The molecule has 4 rings (SSSR count). The Balaban J connectivity index is 1.47. The summed E-state index contributed by atoms with van der Waals surface area (Å²) in [4.78, 5) is 30.7. The third-order valence-corrected chi connectivity index (χ3v) is 7.16. The van der Waals surface area contributed by atoms with Gasteiger partial charge in [0.25, 0.3) is 5.91 Å². The minimum atomic E-state index is -0.328. The molecule has 0 unspecified atom stereocenters. The number of aryl methyl sites for hydroxylation is 2. The van der Waals surface area contributed by atoms with Gasteiger partial charge in [0.1, 0.15) is 0 Å². The first-order valence-electron chi connectivity index (χ1n) is 13.0. The standard InChI is InChI=1S/C28H39N5O3/c1-20-9-12-33(13-10-20)25-8-7-23(30-28(35)31-26-21(2)5-4-6-22(26)3)19-24(25)27(34)29-11-14-32-15-17-36-18-16-32/h4-8,19-20H,9-18H2,1-3H3,(H,29,34)(H2,30,31,35). The molecule has 2 aliphatic rings. The second-order valence-electron chi connectivity index (χ2n) is 9.96. The van der Waals surface area contributed by atoms with E-state index in [0.29, 0.717) is 23.7 Å². The average Bonchev–Trinajstić information content (AvgIpc) is 2.87. The molecule has 0 spiro atoms. The third-order valence-electron chi connectivity index (χ3n) is 7.16. The Labute approximate surface area is 214 Å². The highest BCUT2D eigenvalue weighted by atomic mass is 16.5. The minimum Gasteiger partial charge on any atom is -0.379 e. The van der Waals surface area contributed by atoms with Crippen LogP contribution in [0.5, 0.6) is 0 Å². The van der Waals surface area contributed by atoms with Crippen LogP contribution in [0.2, 0.25) is 0 Å². The summed E-state index contributed by atoms with van der Waals surface area (Å²) in [5.74, 6) is 0.581. The van der Waals surface area contributed by atoms with Gasteiger partial charge in [0.05, 0.1) is 18.8 Å². The van der Waals surface area contributed by atoms with E-state index in [9.17, 15) is 9.59 Å². The number of carbonyl (C=O) groups excluding carboxylic acids is 2. The number of ether oxygens (including phenoxy) is 1. The lowest BCUT2D eigenvalue weighted by atomic mass is 9.98. The predicted molar refractivity (Wildman–Crippen MR) is 145 cm³/mol. The molecule has 36 heavy (non-hydrogen) atoms. The van der Waals surface area contributed by atoms with Crippen LogP contribution in [-0.2, 0) is 4.74 Å². The van der Waals surface area contributed by atoms with Gasteiger partial charge in [-0.25, -0.2) is 4.79 Å². The number of rotatable bonds is 7. The van der Waals surface area contributed by atoms with E-state index in [1.807, 2.05) is 44.2 Å². The molecule has 0 saturated carbocycles. The molecule has 2 aromatic rings. The number of piperidine rings is 1. The monoisotopic (exact) mass is 493 g/mol. The Bertz CT molecular complexity index is 1040. The Kier molecular flexibility index (Phi) is 8.83. The predicted octanol–water partition coefficient (Wildman–Crippen LogP) is 4.25.